The number of hydrogen-bond donors (Lipinski definition) is 0. The van der Waals surface area contributed by atoms with E-state index in [1.165, 1.54) is 4.31 Å². The average molecular weight is 236 g/mol. The number of nitrogens with zero attached hydrogens (tertiary/aromatic N) is 2. The minimum atomic E-state index is -3.35. The molecule has 0 radical (unpaired) electrons. The molecule has 0 aromatic heterocycles. The number of nitriles is 1. The molecule has 1 aliphatic rings. The normalized spacial score (nSPS) is 28.4. The molecule has 0 spiro atoms. The van der Waals surface area contributed by atoms with Gasteiger partial charge in [-0.15, -0.1) is 0 Å². The van der Waals surface area contributed by atoms with Gasteiger partial charge in [-0.2, -0.15) is 9.57 Å². The largest absolute Gasteiger partial charge is 0.219 e. The molecule has 1 aromatic carbocycles. The summed E-state index contributed by atoms with van der Waals surface area (Å²) in [5.41, 5.74) is -0.0807. The summed E-state index contributed by atoms with van der Waals surface area (Å²) in [6, 6.07) is 11.0. The Bertz CT molecular complexity index is 533. The first-order chi connectivity index (χ1) is 7.48. The van der Waals surface area contributed by atoms with Crippen molar-refractivity contribution in [1.82, 2.24) is 4.31 Å². The van der Waals surface area contributed by atoms with Gasteiger partial charge in [0.1, 0.15) is 5.54 Å². The van der Waals surface area contributed by atoms with Crippen molar-refractivity contribution in [3.05, 3.63) is 35.9 Å². The molecule has 0 amide bonds. The maximum absolute atomic E-state index is 11.9. The summed E-state index contributed by atoms with van der Waals surface area (Å²) in [6.45, 7) is 1.94. The van der Waals surface area contributed by atoms with Crippen LogP contribution in [0, 0.1) is 11.3 Å². The Labute approximate surface area is 95.2 Å². The van der Waals surface area contributed by atoms with E-state index in [1.807, 2.05) is 12.1 Å². The first-order valence-corrected chi connectivity index (χ1v) is 6.54. The molecule has 2 unspecified atom stereocenters. The number of sulfonamides is 1. The van der Waals surface area contributed by atoms with Crippen molar-refractivity contribution in [3.8, 4) is 6.07 Å². The zero-order valence-corrected chi connectivity index (χ0v) is 9.74. The van der Waals surface area contributed by atoms with Crippen LogP contribution < -0.4 is 0 Å². The van der Waals surface area contributed by atoms with Crippen molar-refractivity contribution in [2.45, 2.75) is 18.2 Å². The monoisotopic (exact) mass is 236 g/mol. The lowest BCUT2D eigenvalue weighted by Gasteiger charge is -2.06. The Balaban J connectivity index is 2.15. The highest BCUT2D eigenvalue weighted by atomic mass is 32.2. The molecule has 0 saturated carbocycles. The summed E-state index contributed by atoms with van der Waals surface area (Å²) in [5, 5.41) is 8.81. The minimum absolute atomic E-state index is 0.0366. The van der Waals surface area contributed by atoms with E-state index in [0.717, 1.165) is 5.56 Å². The van der Waals surface area contributed by atoms with Crippen LogP contribution in [0.1, 0.15) is 12.5 Å². The van der Waals surface area contributed by atoms with E-state index in [-0.39, 0.29) is 5.75 Å². The molecule has 5 heteroatoms. The van der Waals surface area contributed by atoms with Crippen molar-refractivity contribution in [2.75, 3.05) is 6.54 Å². The second-order valence-electron chi connectivity index (χ2n) is 4.13. The van der Waals surface area contributed by atoms with Crippen LogP contribution >= 0.6 is 0 Å². The topological polar surface area (TPSA) is 60.9 Å². The van der Waals surface area contributed by atoms with Crippen LogP contribution in [0.3, 0.4) is 0 Å². The number of rotatable bonds is 3. The van der Waals surface area contributed by atoms with Crippen LogP contribution in [0.2, 0.25) is 0 Å². The van der Waals surface area contributed by atoms with Gasteiger partial charge in [0.05, 0.1) is 11.8 Å². The summed E-state index contributed by atoms with van der Waals surface area (Å²) < 4.78 is 25.1. The fraction of sp³-hybridized carbons (Fsp3) is 0.364. The van der Waals surface area contributed by atoms with Crippen LogP contribution in [0.5, 0.6) is 0 Å². The molecule has 0 aliphatic carbocycles. The van der Waals surface area contributed by atoms with Crippen LogP contribution in [0.15, 0.2) is 30.3 Å². The average Bonchev–Trinajstić information content (AvgIpc) is 2.94. The third-order valence-electron chi connectivity index (χ3n) is 2.67. The molecular weight excluding hydrogens is 224 g/mol. The number of hydrogen-bond acceptors (Lipinski definition) is 3. The Morgan fingerprint density at radius 3 is 2.56 bits per heavy atom. The summed E-state index contributed by atoms with van der Waals surface area (Å²) >= 11 is 0. The zero-order chi connectivity index (χ0) is 11.8. The van der Waals surface area contributed by atoms with Crippen molar-refractivity contribution in [2.24, 2.45) is 0 Å². The Morgan fingerprint density at radius 1 is 1.44 bits per heavy atom. The lowest BCUT2D eigenvalue weighted by Crippen LogP contribution is -2.21. The molecule has 1 aliphatic heterocycles. The SMILES string of the molecule is CC1(C#N)CN1S(=O)(=O)Cc1ccccc1. The van der Waals surface area contributed by atoms with Gasteiger partial charge in [-0.3, -0.25) is 0 Å². The van der Waals surface area contributed by atoms with Gasteiger partial charge in [0, 0.05) is 6.54 Å². The first-order valence-electron chi connectivity index (χ1n) is 4.94. The van der Waals surface area contributed by atoms with Gasteiger partial charge in [-0.1, -0.05) is 30.3 Å². The lowest BCUT2D eigenvalue weighted by atomic mass is 10.2. The molecule has 2 atom stereocenters. The highest BCUT2D eigenvalue weighted by Crippen LogP contribution is 2.35. The third-order valence-corrected chi connectivity index (χ3v) is 4.57. The molecule has 84 valence electrons. The predicted octanol–water partition coefficient (Wildman–Crippen LogP) is 1.11. The first kappa shape index (κ1) is 11.1. The molecule has 1 heterocycles. The molecule has 0 N–H and O–H groups in total. The van der Waals surface area contributed by atoms with Gasteiger partial charge >= 0.3 is 0 Å². The fourth-order valence-electron chi connectivity index (χ4n) is 1.60. The van der Waals surface area contributed by atoms with E-state index < -0.39 is 15.6 Å². The molecular formula is C11H12N2O2S. The summed E-state index contributed by atoms with van der Waals surface area (Å²) in [5.74, 6) is -0.0366. The van der Waals surface area contributed by atoms with E-state index in [2.05, 4.69) is 0 Å². The maximum Gasteiger partial charge on any atom is 0.219 e. The van der Waals surface area contributed by atoms with E-state index in [4.69, 9.17) is 5.26 Å². The van der Waals surface area contributed by atoms with Gasteiger partial charge in [-0.05, 0) is 12.5 Å². The summed E-state index contributed by atoms with van der Waals surface area (Å²) in [6.07, 6.45) is 0. The highest BCUT2D eigenvalue weighted by Gasteiger charge is 2.55. The van der Waals surface area contributed by atoms with E-state index >= 15 is 0 Å². The minimum Gasteiger partial charge on any atom is -0.212 e. The molecule has 4 nitrogen and oxygen atoms in total. The van der Waals surface area contributed by atoms with E-state index in [0.29, 0.717) is 6.54 Å². The van der Waals surface area contributed by atoms with E-state index in [1.54, 1.807) is 31.2 Å². The molecule has 1 aromatic rings. The van der Waals surface area contributed by atoms with Crippen LogP contribution in [0.4, 0.5) is 0 Å². The lowest BCUT2D eigenvalue weighted by molar-refractivity contribution is 0.543. The maximum atomic E-state index is 11.9. The molecule has 0 bridgehead atoms. The summed E-state index contributed by atoms with van der Waals surface area (Å²) in [7, 11) is -3.35. The van der Waals surface area contributed by atoms with Gasteiger partial charge in [0.2, 0.25) is 10.0 Å². The fourth-order valence-corrected chi connectivity index (χ4v) is 3.48. The Morgan fingerprint density at radius 2 is 2.06 bits per heavy atom. The van der Waals surface area contributed by atoms with Crippen LogP contribution in [-0.2, 0) is 15.8 Å². The Kier molecular flexibility index (Phi) is 2.49. The van der Waals surface area contributed by atoms with Crippen molar-refractivity contribution < 1.29 is 8.42 Å². The van der Waals surface area contributed by atoms with Crippen molar-refractivity contribution in [1.29, 1.82) is 5.26 Å². The zero-order valence-electron chi connectivity index (χ0n) is 8.92. The second-order valence-corrected chi connectivity index (χ2v) is 6.03. The second kappa shape index (κ2) is 3.58. The van der Waals surface area contributed by atoms with Gasteiger partial charge < -0.3 is 0 Å². The van der Waals surface area contributed by atoms with Crippen molar-refractivity contribution >= 4 is 10.0 Å². The summed E-state index contributed by atoms with van der Waals surface area (Å²) in [4.78, 5) is 0. The smallest absolute Gasteiger partial charge is 0.212 e. The quantitative estimate of drug-likeness (QED) is 0.739. The molecule has 2 rings (SSSR count). The number of benzene rings is 1. The standard InChI is InChI=1S/C11H12N2O2S/c1-11(8-12)9-13(11)16(14,15)7-10-5-3-2-4-6-10/h2-6H,7,9H2,1H3. The van der Waals surface area contributed by atoms with Crippen LogP contribution in [-0.4, -0.2) is 24.8 Å². The Hall–Kier alpha value is -1.38. The van der Waals surface area contributed by atoms with E-state index in [9.17, 15) is 8.42 Å². The molecule has 1 saturated heterocycles. The highest BCUT2D eigenvalue weighted by molar-refractivity contribution is 7.88. The molecule has 16 heavy (non-hydrogen) atoms. The van der Waals surface area contributed by atoms with Crippen LogP contribution in [0.25, 0.3) is 0 Å². The van der Waals surface area contributed by atoms with Gasteiger partial charge in [0.15, 0.2) is 0 Å². The van der Waals surface area contributed by atoms with Gasteiger partial charge in [-0.25, -0.2) is 8.42 Å². The predicted molar refractivity (Wildman–Crippen MR) is 59.8 cm³/mol. The third kappa shape index (κ3) is 1.94. The van der Waals surface area contributed by atoms with Crippen molar-refractivity contribution in [3.63, 3.8) is 0 Å². The van der Waals surface area contributed by atoms with Gasteiger partial charge in [0.25, 0.3) is 0 Å². The molecule has 1 fully saturated rings.